The van der Waals surface area contributed by atoms with Crippen LogP contribution in [0.3, 0.4) is 0 Å². The lowest BCUT2D eigenvalue weighted by Gasteiger charge is -2.07. The first-order valence-electron chi connectivity index (χ1n) is 9.89. The second-order valence-corrected chi connectivity index (χ2v) is 7.09. The smallest absolute Gasteiger partial charge is 0.224 e. The molecule has 0 saturated heterocycles. The maximum atomic E-state index is 12.4. The monoisotopic (exact) mass is 410 g/mol. The molecule has 7 nitrogen and oxygen atoms in total. The molecule has 31 heavy (non-hydrogen) atoms. The van der Waals surface area contributed by atoms with E-state index < -0.39 is 0 Å². The number of nitrogens with two attached hydrogens (primary N) is 1. The Morgan fingerprint density at radius 1 is 1.10 bits per heavy atom. The van der Waals surface area contributed by atoms with Crippen molar-refractivity contribution in [3.63, 3.8) is 0 Å². The summed E-state index contributed by atoms with van der Waals surface area (Å²) in [5, 5.41) is 18.4. The zero-order chi connectivity index (χ0) is 21.6. The number of carbonyl (C=O) groups is 1. The number of aliphatic imine (C=N–C) groups is 1. The Labute approximate surface area is 179 Å². The van der Waals surface area contributed by atoms with Crippen LogP contribution in [0.25, 0.3) is 22.2 Å². The van der Waals surface area contributed by atoms with Crippen LogP contribution in [0.4, 0.5) is 5.69 Å². The summed E-state index contributed by atoms with van der Waals surface area (Å²) in [6.07, 6.45) is 2.02. The fraction of sp³-hybridized carbons (Fsp3) is 0.0833. The Morgan fingerprint density at radius 3 is 2.74 bits per heavy atom. The van der Waals surface area contributed by atoms with Crippen LogP contribution in [0.15, 0.2) is 77.8 Å². The Hall–Kier alpha value is -4.26. The summed E-state index contributed by atoms with van der Waals surface area (Å²) in [5.74, 6) is 0.231. The molecule has 0 aliphatic carbocycles. The standard InChI is InChI=1S/C24H22N6O/c25-15-27-24(26)18-10-11-21-20(14-18)23(30-29-21)17-7-4-8-19(13-17)28-22(31)12-9-16-5-2-1-3-6-16/h1-8,10-11,13-15H,9,12H2,(H,28,31)(H,29,30)(H3,25,26,27). The number of benzene rings is 3. The number of hydrogen-bond donors (Lipinski definition) is 4. The number of nitrogens with zero attached hydrogens (tertiary/aromatic N) is 2. The minimum atomic E-state index is -0.0363. The number of aromatic amines is 1. The molecule has 154 valence electrons. The maximum absolute atomic E-state index is 12.4. The van der Waals surface area contributed by atoms with Gasteiger partial charge in [0.1, 0.15) is 12.2 Å². The molecule has 4 rings (SSSR count). The third kappa shape index (κ3) is 4.67. The van der Waals surface area contributed by atoms with Gasteiger partial charge in [0.25, 0.3) is 0 Å². The van der Waals surface area contributed by atoms with E-state index in [1.54, 1.807) is 0 Å². The quantitative estimate of drug-likeness (QED) is 0.271. The molecule has 0 saturated carbocycles. The number of carbonyl (C=O) groups excluding carboxylic acids is 1. The molecular weight excluding hydrogens is 388 g/mol. The van der Waals surface area contributed by atoms with Crippen molar-refractivity contribution in [3.8, 4) is 11.3 Å². The first kappa shape index (κ1) is 20.0. The van der Waals surface area contributed by atoms with Crippen molar-refractivity contribution in [2.75, 3.05) is 5.32 Å². The molecule has 5 N–H and O–H groups in total. The highest BCUT2D eigenvalue weighted by atomic mass is 16.1. The molecule has 4 aromatic rings. The lowest BCUT2D eigenvalue weighted by atomic mass is 10.0. The van der Waals surface area contributed by atoms with Crippen LogP contribution in [0.2, 0.25) is 0 Å². The minimum absolute atomic E-state index is 0.0363. The molecule has 0 fully saturated rings. The van der Waals surface area contributed by atoms with E-state index in [2.05, 4.69) is 20.5 Å². The summed E-state index contributed by atoms with van der Waals surface area (Å²) in [6, 6.07) is 23.1. The van der Waals surface area contributed by atoms with E-state index in [4.69, 9.17) is 11.1 Å². The predicted molar refractivity (Wildman–Crippen MR) is 124 cm³/mol. The number of amides is 1. The van der Waals surface area contributed by atoms with Gasteiger partial charge in [0.2, 0.25) is 5.91 Å². The van der Waals surface area contributed by atoms with E-state index in [1.165, 1.54) is 0 Å². The van der Waals surface area contributed by atoms with Crippen molar-refractivity contribution < 1.29 is 4.79 Å². The fourth-order valence-electron chi connectivity index (χ4n) is 3.41. The molecule has 1 aromatic heterocycles. The summed E-state index contributed by atoms with van der Waals surface area (Å²) in [5.41, 5.74) is 11.0. The number of aryl methyl sites for hydroxylation is 1. The van der Waals surface area contributed by atoms with Gasteiger partial charge < -0.3 is 11.1 Å². The summed E-state index contributed by atoms with van der Waals surface area (Å²) in [6.45, 7) is 0. The van der Waals surface area contributed by atoms with E-state index in [-0.39, 0.29) is 11.7 Å². The Morgan fingerprint density at radius 2 is 1.94 bits per heavy atom. The molecule has 3 aromatic carbocycles. The molecule has 0 aliphatic heterocycles. The topological polar surface area (TPSA) is 120 Å². The number of fused-ring (bicyclic) bond motifs is 1. The van der Waals surface area contributed by atoms with E-state index in [1.807, 2.05) is 72.8 Å². The first-order valence-corrected chi connectivity index (χ1v) is 9.89. The molecule has 0 radical (unpaired) electrons. The number of hydrogen-bond acceptors (Lipinski definition) is 3. The number of amidine groups is 1. The molecule has 0 unspecified atom stereocenters. The average Bonchev–Trinajstić information content (AvgIpc) is 3.22. The highest BCUT2D eigenvalue weighted by molar-refractivity contribution is 6.05. The van der Waals surface area contributed by atoms with Crippen LogP contribution in [0.1, 0.15) is 17.5 Å². The number of nitrogens with one attached hydrogen (secondary N) is 3. The van der Waals surface area contributed by atoms with Crippen molar-refractivity contribution in [3.05, 3.63) is 83.9 Å². The van der Waals surface area contributed by atoms with Gasteiger partial charge in [0, 0.05) is 28.6 Å². The van der Waals surface area contributed by atoms with Gasteiger partial charge in [-0.25, -0.2) is 4.99 Å². The van der Waals surface area contributed by atoms with Crippen molar-refractivity contribution in [2.24, 2.45) is 10.7 Å². The van der Waals surface area contributed by atoms with Gasteiger partial charge in [-0.1, -0.05) is 42.5 Å². The number of H-pyrrole nitrogens is 1. The van der Waals surface area contributed by atoms with Gasteiger partial charge in [-0.05, 0) is 42.3 Å². The zero-order valence-electron chi connectivity index (χ0n) is 16.8. The summed E-state index contributed by atoms with van der Waals surface area (Å²) in [7, 11) is 0. The van der Waals surface area contributed by atoms with Gasteiger partial charge in [0.15, 0.2) is 0 Å². The fourth-order valence-corrected chi connectivity index (χ4v) is 3.41. The van der Waals surface area contributed by atoms with Crippen LogP contribution in [0, 0.1) is 5.41 Å². The van der Waals surface area contributed by atoms with Gasteiger partial charge in [0.05, 0.1) is 11.2 Å². The number of rotatable bonds is 7. The number of anilines is 1. The summed E-state index contributed by atoms with van der Waals surface area (Å²) < 4.78 is 0. The molecule has 7 heteroatoms. The SMILES string of the molecule is N=CN=C(N)c1ccc2[nH]nc(-c3cccc(NC(=O)CCc4ccccc4)c3)c2c1. The van der Waals surface area contributed by atoms with Crippen molar-refractivity contribution in [1.82, 2.24) is 10.2 Å². The van der Waals surface area contributed by atoms with Gasteiger partial charge in [-0.3, -0.25) is 15.3 Å². The second-order valence-electron chi connectivity index (χ2n) is 7.09. The first-order chi connectivity index (χ1) is 15.1. The van der Waals surface area contributed by atoms with Crippen molar-refractivity contribution in [1.29, 1.82) is 5.41 Å². The Bertz CT molecular complexity index is 1260. The van der Waals surface area contributed by atoms with E-state index >= 15 is 0 Å². The largest absolute Gasteiger partial charge is 0.383 e. The minimum Gasteiger partial charge on any atom is -0.383 e. The molecular formula is C24H22N6O. The Kier molecular flexibility index (Phi) is 5.84. The maximum Gasteiger partial charge on any atom is 0.224 e. The van der Waals surface area contributed by atoms with Gasteiger partial charge in [-0.2, -0.15) is 5.10 Å². The van der Waals surface area contributed by atoms with Gasteiger partial charge >= 0.3 is 0 Å². The zero-order valence-corrected chi connectivity index (χ0v) is 16.8. The molecule has 0 spiro atoms. The lowest BCUT2D eigenvalue weighted by Crippen LogP contribution is -2.13. The third-order valence-electron chi connectivity index (χ3n) is 4.97. The van der Waals surface area contributed by atoms with Crippen LogP contribution in [-0.2, 0) is 11.2 Å². The van der Waals surface area contributed by atoms with Crippen LogP contribution >= 0.6 is 0 Å². The molecule has 0 atom stereocenters. The number of aromatic nitrogens is 2. The third-order valence-corrected chi connectivity index (χ3v) is 4.97. The molecule has 1 heterocycles. The predicted octanol–water partition coefficient (Wildman–Crippen LogP) is 4.11. The van der Waals surface area contributed by atoms with Crippen molar-refractivity contribution >= 4 is 34.7 Å². The molecule has 1 amide bonds. The normalized spacial score (nSPS) is 11.4. The Balaban J connectivity index is 1.54. The van der Waals surface area contributed by atoms with Crippen LogP contribution < -0.4 is 11.1 Å². The molecule has 0 aliphatic rings. The lowest BCUT2D eigenvalue weighted by molar-refractivity contribution is -0.116. The van der Waals surface area contributed by atoms with E-state index in [0.717, 1.165) is 34.1 Å². The summed E-state index contributed by atoms with van der Waals surface area (Å²) in [4.78, 5) is 16.2. The highest BCUT2D eigenvalue weighted by Crippen LogP contribution is 2.29. The second kappa shape index (κ2) is 9.04. The molecule has 0 bridgehead atoms. The van der Waals surface area contributed by atoms with Crippen molar-refractivity contribution in [2.45, 2.75) is 12.8 Å². The van der Waals surface area contributed by atoms with E-state index in [9.17, 15) is 4.79 Å². The average molecular weight is 410 g/mol. The summed E-state index contributed by atoms with van der Waals surface area (Å²) >= 11 is 0. The van der Waals surface area contributed by atoms with Gasteiger partial charge in [-0.15, -0.1) is 0 Å². The van der Waals surface area contributed by atoms with Crippen LogP contribution in [0.5, 0.6) is 0 Å². The van der Waals surface area contributed by atoms with Crippen LogP contribution in [-0.4, -0.2) is 28.3 Å². The highest BCUT2D eigenvalue weighted by Gasteiger charge is 2.11. The van der Waals surface area contributed by atoms with E-state index in [0.29, 0.717) is 24.1 Å².